The molecule has 0 atom stereocenters. The second-order valence-electron chi connectivity index (χ2n) is 3.15. The van der Waals surface area contributed by atoms with E-state index in [1.807, 2.05) is 12.1 Å². The van der Waals surface area contributed by atoms with Crippen LogP contribution in [0, 0.1) is 4.64 Å². The molecule has 0 spiro atoms. The lowest BCUT2D eigenvalue weighted by molar-refractivity contribution is 1.17. The van der Waals surface area contributed by atoms with Crippen molar-refractivity contribution in [2.75, 3.05) is 11.1 Å². The van der Waals surface area contributed by atoms with E-state index in [4.69, 9.17) is 29.6 Å². The molecule has 2 aromatic rings. The first-order chi connectivity index (χ1) is 7.65. The molecule has 0 aliphatic heterocycles. The van der Waals surface area contributed by atoms with E-state index < -0.39 is 0 Å². The maximum Gasteiger partial charge on any atom is 0.198 e. The van der Waals surface area contributed by atoms with Crippen molar-refractivity contribution < 1.29 is 0 Å². The summed E-state index contributed by atoms with van der Waals surface area (Å²) in [7, 11) is 0. The van der Waals surface area contributed by atoms with Gasteiger partial charge in [0.2, 0.25) is 0 Å². The van der Waals surface area contributed by atoms with Crippen LogP contribution in [0.2, 0.25) is 5.02 Å². The fourth-order valence-electron chi connectivity index (χ4n) is 1.22. The molecule has 0 fully saturated rings. The highest BCUT2D eigenvalue weighted by molar-refractivity contribution is 7.71. The van der Waals surface area contributed by atoms with Crippen LogP contribution in [-0.2, 0) is 0 Å². The fourth-order valence-corrected chi connectivity index (χ4v) is 1.62. The molecule has 0 saturated carbocycles. The van der Waals surface area contributed by atoms with Gasteiger partial charge < -0.3 is 16.0 Å². The minimum Gasteiger partial charge on any atom is -0.369 e. The highest BCUT2D eigenvalue weighted by Crippen LogP contribution is 2.20. The zero-order valence-electron chi connectivity index (χ0n) is 8.20. The normalized spacial score (nSPS) is 10.1. The topological polar surface area (TPSA) is 66.7 Å². The summed E-state index contributed by atoms with van der Waals surface area (Å²) < 4.78 is 0.507. The number of hydrogen-bond acceptors (Lipinski definition) is 4. The summed E-state index contributed by atoms with van der Waals surface area (Å²) in [4.78, 5) is 6.68. The van der Waals surface area contributed by atoms with Gasteiger partial charge in [0.25, 0.3) is 0 Å². The quantitative estimate of drug-likeness (QED) is 0.719. The van der Waals surface area contributed by atoms with E-state index in [1.54, 1.807) is 18.3 Å². The van der Waals surface area contributed by atoms with Crippen molar-refractivity contribution in [3.8, 4) is 0 Å². The third-order valence-corrected chi connectivity index (χ3v) is 2.48. The zero-order valence-corrected chi connectivity index (χ0v) is 9.77. The lowest BCUT2D eigenvalue weighted by atomic mass is 10.3. The van der Waals surface area contributed by atoms with E-state index in [2.05, 4.69) is 15.3 Å². The van der Waals surface area contributed by atoms with Gasteiger partial charge in [0.15, 0.2) is 5.95 Å². The first-order valence-electron chi connectivity index (χ1n) is 4.52. The zero-order chi connectivity index (χ0) is 11.5. The maximum atomic E-state index is 5.87. The van der Waals surface area contributed by atoms with E-state index in [0.717, 1.165) is 5.69 Å². The van der Waals surface area contributed by atoms with Crippen LogP contribution >= 0.6 is 23.8 Å². The number of aromatic nitrogens is 2. The Labute approximate surface area is 102 Å². The second-order valence-corrected chi connectivity index (χ2v) is 3.99. The molecular formula is C10H9ClN4S. The molecule has 82 valence electrons. The van der Waals surface area contributed by atoms with Gasteiger partial charge in [0.05, 0.1) is 11.9 Å². The molecule has 4 nitrogen and oxygen atoms in total. The van der Waals surface area contributed by atoms with Gasteiger partial charge in [-0.3, -0.25) is 0 Å². The minimum absolute atomic E-state index is 0.293. The molecular weight excluding hydrogens is 244 g/mol. The number of anilines is 3. The summed E-state index contributed by atoms with van der Waals surface area (Å²) in [6, 6.07) is 7.33. The van der Waals surface area contributed by atoms with Gasteiger partial charge in [0, 0.05) is 10.7 Å². The summed E-state index contributed by atoms with van der Waals surface area (Å²) in [5.74, 6) is 0.293. The van der Waals surface area contributed by atoms with Crippen molar-refractivity contribution in [1.29, 1.82) is 0 Å². The van der Waals surface area contributed by atoms with Crippen molar-refractivity contribution in [2.24, 2.45) is 0 Å². The number of rotatable bonds is 2. The average molecular weight is 253 g/mol. The molecule has 2 rings (SSSR count). The first kappa shape index (κ1) is 10.9. The van der Waals surface area contributed by atoms with Crippen LogP contribution in [-0.4, -0.2) is 9.97 Å². The van der Waals surface area contributed by atoms with E-state index in [0.29, 0.717) is 21.3 Å². The van der Waals surface area contributed by atoms with E-state index in [1.165, 1.54) is 0 Å². The van der Waals surface area contributed by atoms with Crippen molar-refractivity contribution in [3.05, 3.63) is 40.1 Å². The van der Waals surface area contributed by atoms with E-state index >= 15 is 0 Å². The molecule has 0 unspecified atom stereocenters. The molecule has 6 heteroatoms. The molecule has 1 aromatic carbocycles. The Morgan fingerprint density at radius 3 is 2.94 bits per heavy atom. The number of nitrogen functional groups attached to an aromatic ring is 1. The van der Waals surface area contributed by atoms with Crippen LogP contribution < -0.4 is 11.1 Å². The summed E-state index contributed by atoms with van der Waals surface area (Å²) in [5.41, 5.74) is 7.00. The Bertz CT molecular complexity index is 567. The van der Waals surface area contributed by atoms with Gasteiger partial charge in [-0.15, -0.1) is 0 Å². The Kier molecular flexibility index (Phi) is 3.07. The number of nitrogens with zero attached hydrogens (tertiary/aromatic N) is 1. The van der Waals surface area contributed by atoms with E-state index in [-0.39, 0.29) is 0 Å². The van der Waals surface area contributed by atoms with Crippen LogP contribution in [0.3, 0.4) is 0 Å². The molecule has 1 heterocycles. The molecule has 1 aromatic heterocycles. The third-order valence-electron chi connectivity index (χ3n) is 1.92. The molecule has 0 bridgehead atoms. The lowest BCUT2D eigenvalue weighted by Crippen LogP contribution is -1.98. The number of H-pyrrole nitrogens is 1. The van der Waals surface area contributed by atoms with E-state index in [9.17, 15) is 0 Å². The highest BCUT2D eigenvalue weighted by Gasteiger charge is 1.99. The van der Waals surface area contributed by atoms with Crippen molar-refractivity contribution >= 4 is 41.1 Å². The van der Waals surface area contributed by atoms with Crippen molar-refractivity contribution in [1.82, 2.24) is 9.97 Å². The molecule has 0 aliphatic rings. The van der Waals surface area contributed by atoms with Crippen LogP contribution in [0.1, 0.15) is 0 Å². The van der Waals surface area contributed by atoms with Gasteiger partial charge in [-0.25, -0.2) is 4.98 Å². The highest BCUT2D eigenvalue weighted by atomic mass is 35.5. The van der Waals surface area contributed by atoms with Gasteiger partial charge in [-0.2, -0.15) is 0 Å². The van der Waals surface area contributed by atoms with Crippen LogP contribution in [0.4, 0.5) is 17.3 Å². The number of nitrogens with two attached hydrogens (primary N) is 1. The van der Waals surface area contributed by atoms with Crippen LogP contribution in [0.15, 0.2) is 30.5 Å². The molecule has 4 N–H and O–H groups in total. The Morgan fingerprint density at radius 2 is 2.25 bits per heavy atom. The van der Waals surface area contributed by atoms with Crippen molar-refractivity contribution in [3.63, 3.8) is 0 Å². The first-order valence-corrected chi connectivity index (χ1v) is 5.31. The van der Waals surface area contributed by atoms with Gasteiger partial charge in [0.1, 0.15) is 4.64 Å². The lowest BCUT2D eigenvalue weighted by Gasteiger charge is -2.06. The number of aromatic amines is 1. The smallest absolute Gasteiger partial charge is 0.198 e. The Morgan fingerprint density at radius 1 is 1.44 bits per heavy atom. The number of nitrogens with one attached hydrogen (secondary N) is 2. The molecule has 0 amide bonds. The SMILES string of the molecule is Nc1ncc(Nc2cccc(Cl)c2)c(=S)[nH]1. The molecule has 0 saturated heterocycles. The number of benzene rings is 1. The molecule has 0 aliphatic carbocycles. The van der Waals surface area contributed by atoms with Crippen LogP contribution in [0.25, 0.3) is 0 Å². The van der Waals surface area contributed by atoms with Gasteiger partial charge in [-0.05, 0) is 18.2 Å². The summed E-state index contributed by atoms with van der Waals surface area (Å²) >= 11 is 11.0. The number of hydrogen-bond donors (Lipinski definition) is 3. The fraction of sp³-hybridized carbons (Fsp3) is 0. The largest absolute Gasteiger partial charge is 0.369 e. The predicted octanol–water partition coefficient (Wildman–Crippen LogP) is 3.12. The van der Waals surface area contributed by atoms with Gasteiger partial charge >= 0.3 is 0 Å². The maximum absolute atomic E-state index is 5.87. The second kappa shape index (κ2) is 4.51. The standard InChI is InChI=1S/C10H9ClN4S/c11-6-2-1-3-7(4-6)14-8-5-13-10(12)15-9(8)16/h1-5,14H,(H3,12,13,15,16). The van der Waals surface area contributed by atoms with Crippen molar-refractivity contribution in [2.45, 2.75) is 0 Å². The van der Waals surface area contributed by atoms with Crippen LogP contribution in [0.5, 0.6) is 0 Å². The van der Waals surface area contributed by atoms with Gasteiger partial charge in [-0.1, -0.05) is 29.9 Å². The minimum atomic E-state index is 0.293. The predicted molar refractivity (Wildman–Crippen MR) is 68.6 cm³/mol. The third kappa shape index (κ3) is 2.50. The Hall–Kier alpha value is -1.59. The molecule has 16 heavy (non-hydrogen) atoms. The Balaban J connectivity index is 2.31. The summed E-state index contributed by atoms with van der Waals surface area (Å²) in [6.45, 7) is 0. The monoisotopic (exact) mass is 252 g/mol. The summed E-state index contributed by atoms with van der Waals surface area (Å²) in [6.07, 6.45) is 1.58. The average Bonchev–Trinajstić information content (AvgIpc) is 2.22. The number of halogens is 1. The molecule has 0 radical (unpaired) electrons. The summed E-state index contributed by atoms with van der Waals surface area (Å²) in [5, 5.41) is 3.76.